The molecule has 7 heteroatoms. The summed E-state index contributed by atoms with van der Waals surface area (Å²) in [6.45, 7) is 0. The van der Waals surface area contributed by atoms with Crippen LogP contribution in [0.2, 0.25) is 5.02 Å². The normalized spacial score (nSPS) is 11.3. The lowest BCUT2D eigenvalue weighted by Crippen LogP contribution is -2.13. The zero-order valence-electron chi connectivity index (χ0n) is 9.17. The van der Waals surface area contributed by atoms with Gasteiger partial charge in [0.2, 0.25) is 0 Å². The number of ether oxygens (including phenoxy) is 1. The summed E-state index contributed by atoms with van der Waals surface area (Å²) < 4.78 is 40.4. The molecule has 0 atom stereocenters. The van der Waals surface area contributed by atoms with E-state index in [1.54, 1.807) is 12.1 Å². The number of hydrogen-bond donors (Lipinski definition) is 0. The van der Waals surface area contributed by atoms with Gasteiger partial charge < -0.3 is 4.74 Å². The lowest BCUT2D eigenvalue weighted by molar-refractivity contribution is -0.132. The Morgan fingerprint density at radius 1 is 1.28 bits per heavy atom. The van der Waals surface area contributed by atoms with Crippen LogP contribution in [0.15, 0.2) is 24.3 Å². The van der Waals surface area contributed by atoms with Gasteiger partial charge in [0, 0.05) is 10.8 Å². The van der Waals surface area contributed by atoms with E-state index in [0.29, 0.717) is 10.8 Å². The lowest BCUT2D eigenvalue weighted by atomic mass is 10.3. The van der Waals surface area contributed by atoms with Gasteiger partial charge in [-0.1, -0.05) is 11.6 Å². The number of benzene rings is 1. The second kappa shape index (κ2) is 6.89. The highest BCUT2D eigenvalue weighted by atomic mass is 35.5. The molecule has 1 aromatic rings. The average molecular weight is 299 g/mol. The third-order valence-electron chi connectivity index (χ3n) is 1.80. The molecular weight excluding hydrogens is 289 g/mol. The molecule has 0 saturated carbocycles. The molecule has 0 fully saturated rings. The van der Waals surface area contributed by atoms with Gasteiger partial charge in [0.15, 0.2) is 0 Å². The quantitative estimate of drug-likeness (QED) is 0.468. The monoisotopic (exact) mass is 298 g/mol. The zero-order chi connectivity index (χ0) is 13.6. The predicted octanol–water partition coefficient (Wildman–Crippen LogP) is 3.93. The molecule has 0 radical (unpaired) electrons. The van der Waals surface area contributed by atoms with Crippen LogP contribution in [-0.4, -0.2) is 23.7 Å². The number of hydrogen-bond acceptors (Lipinski definition) is 3. The number of carbonyl (C=O) groups is 1. The summed E-state index contributed by atoms with van der Waals surface area (Å²) in [6.07, 6.45) is -5.10. The molecular formula is C11H10ClF3O2S. The van der Waals surface area contributed by atoms with Gasteiger partial charge in [0.1, 0.15) is 5.75 Å². The van der Waals surface area contributed by atoms with Crippen molar-refractivity contribution in [2.45, 2.75) is 12.6 Å². The fraction of sp³-hybridized carbons (Fsp3) is 0.364. The first-order chi connectivity index (χ1) is 8.37. The average Bonchev–Trinajstić information content (AvgIpc) is 2.26. The van der Waals surface area contributed by atoms with E-state index >= 15 is 0 Å². The molecule has 0 aromatic heterocycles. The standard InChI is InChI=1S/C11H10ClF3O2S/c12-8-1-3-9(4-2-8)17-10(16)7-18-6-5-11(13,14)15/h1-4H,5-7H2. The van der Waals surface area contributed by atoms with Crippen molar-refractivity contribution in [1.82, 2.24) is 0 Å². The molecule has 0 saturated heterocycles. The smallest absolute Gasteiger partial charge is 0.389 e. The summed E-state index contributed by atoms with van der Waals surface area (Å²) in [5, 5.41) is 0.509. The SMILES string of the molecule is O=C(CSCCC(F)(F)F)Oc1ccc(Cl)cc1. The van der Waals surface area contributed by atoms with Gasteiger partial charge in [-0.05, 0) is 24.3 Å². The molecule has 2 nitrogen and oxygen atoms in total. The summed E-state index contributed by atoms with van der Waals surface area (Å²) in [4.78, 5) is 11.3. The predicted molar refractivity (Wildman–Crippen MR) is 65.1 cm³/mol. The number of esters is 1. The third-order valence-corrected chi connectivity index (χ3v) is 2.98. The van der Waals surface area contributed by atoms with Crippen LogP contribution < -0.4 is 4.74 Å². The van der Waals surface area contributed by atoms with Crippen molar-refractivity contribution in [3.05, 3.63) is 29.3 Å². The minimum absolute atomic E-state index is 0.112. The maximum absolute atomic E-state index is 11.8. The van der Waals surface area contributed by atoms with Crippen molar-refractivity contribution in [2.24, 2.45) is 0 Å². The summed E-state index contributed by atoms with van der Waals surface area (Å²) in [7, 11) is 0. The van der Waals surface area contributed by atoms with Gasteiger partial charge in [-0.25, -0.2) is 0 Å². The fourth-order valence-electron chi connectivity index (χ4n) is 1.01. The largest absolute Gasteiger partial charge is 0.426 e. The number of halogens is 4. The Labute approximate surface area is 111 Å². The molecule has 0 aliphatic rings. The molecule has 1 aromatic carbocycles. The number of alkyl halides is 3. The molecule has 0 bridgehead atoms. The summed E-state index contributed by atoms with van der Waals surface area (Å²) in [6, 6.07) is 6.14. The van der Waals surface area contributed by atoms with Crippen LogP contribution in [0.3, 0.4) is 0 Å². The first-order valence-electron chi connectivity index (χ1n) is 4.97. The molecule has 18 heavy (non-hydrogen) atoms. The van der Waals surface area contributed by atoms with Crippen LogP contribution in [0.4, 0.5) is 13.2 Å². The summed E-state index contributed by atoms with van der Waals surface area (Å²) >= 11 is 6.53. The van der Waals surface area contributed by atoms with Crippen molar-refractivity contribution in [1.29, 1.82) is 0 Å². The van der Waals surface area contributed by atoms with Gasteiger partial charge in [-0.15, -0.1) is 11.8 Å². The Kier molecular flexibility index (Phi) is 5.81. The van der Waals surface area contributed by atoms with Crippen LogP contribution in [-0.2, 0) is 4.79 Å². The second-order valence-corrected chi connectivity index (χ2v) is 4.89. The highest BCUT2D eigenvalue weighted by molar-refractivity contribution is 7.99. The van der Waals surface area contributed by atoms with E-state index in [1.165, 1.54) is 12.1 Å². The molecule has 1 rings (SSSR count). The molecule has 0 heterocycles. The van der Waals surface area contributed by atoms with Crippen LogP contribution >= 0.6 is 23.4 Å². The Morgan fingerprint density at radius 3 is 2.44 bits per heavy atom. The van der Waals surface area contributed by atoms with Crippen molar-refractivity contribution < 1.29 is 22.7 Å². The van der Waals surface area contributed by atoms with Crippen LogP contribution in [0, 0.1) is 0 Å². The lowest BCUT2D eigenvalue weighted by Gasteiger charge is -2.06. The van der Waals surface area contributed by atoms with Crippen LogP contribution in [0.1, 0.15) is 6.42 Å². The second-order valence-electron chi connectivity index (χ2n) is 3.35. The number of carbonyl (C=O) groups excluding carboxylic acids is 1. The van der Waals surface area contributed by atoms with Crippen LogP contribution in [0.5, 0.6) is 5.75 Å². The Balaban J connectivity index is 2.24. The number of rotatable bonds is 5. The molecule has 0 aliphatic carbocycles. The van der Waals surface area contributed by atoms with Gasteiger partial charge in [-0.3, -0.25) is 4.79 Å². The number of thioether (sulfide) groups is 1. The molecule has 100 valence electrons. The highest BCUT2D eigenvalue weighted by Gasteiger charge is 2.26. The van der Waals surface area contributed by atoms with Crippen LogP contribution in [0.25, 0.3) is 0 Å². The van der Waals surface area contributed by atoms with Gasteiger partial charge in [0.05, 0.1) is 12.2 Å². The minimum Gasteiger partial charge on any atom is -0.426 e. The van der Waals surface area contributed by atoms with E-state index in [2.05, 4.69) is 0 Å². The van der Waals surface area contributed by atoms with E-state index in [0.717, 1.165) is 11.8 Å². The molecule has 0 spiro atoms. The fourth-order valence-corrected chi connectivity index (χ4v) is 1.88. The van der Waals surface area contributed by atoms with Crippen molar-refractivity contribution >= 4 is 29.3 Å². The Morgan fingerprint density at radius 2 is 1.89 bits per heavy atom. The van der Waals surface area contributed by atoms with Gasteiger partial charge in [0.25, 0.3) is 0 Å². The minimum atomic E-state index is -4.19. The van der Waals surface area contributed by atoms with Crippen molar-refractivity contribution in [3.8, 4) is 5.75 Å². The molecule has 0 unspecified atom stereocenters. The maximum Gasteiger partial charge on any atom is 0.389 e. The van der Waals surface area contributed by atoms with E-state index in [4.69, 9.17) is 16.3 Å². The van der Waals surface area contributed by atoms with Crippen molar-refractivity contribution in [2.75, 3.05) is 11.5 Å². The topological polar surface area (TPSA) is 26.3 Å². The first kappa shape index (κ1) is 15.2. The highest BCUT2D eigenvalue weighted by Crippen LogP contribution is 2.22. The molecule has 0 aliphatic heterocycles. The molecule has 0 N–H and O–H groups in total. The Hall–Kier alpha value is -0.880. The summed E-state index contributed by atoms with van der Waals surface area (Å²) in [5.74, 6) is -0.525. The van der Waals surface area contributed by atoms with Gasteiger partial charge in [-0.2, -0.15) is 13.2 Å². The van der Waals surface area contributed by atoms with E-state index < -0.39 is 18.6 Å². The molecule has 0 amide bonds. The maximum atomic E-state index is 11.8. The first-order valence-corrected chi connectivity index (χ1v) is 6.51. The van der Waals surface area contributed by atoms with E-state index in [9.17, 15) is 18.0 Å². The van der Waals surface area contributed by atoms with E-state index in [-0.39, 0.29) is 11.5 Å². The Bertz CT molecular complexity index is 392. The zero-order valence-corrected chi connectivity index (χ0v) is 10.7. The van der Waals surface area contributed by atoms with E-state index in [1.807, 2.05) is 0 Å². The van der Waals surface area contributed by atoms with Gasteiger partial charge >= 0.3 is 12.1 Å². The third kappa shape index (κ3) is 6.76. The summed E-state index contributed by atoms with van der Waals surface area (Å²) in [5.41, 5.74) is 0. The van der Waals surface area contributed by atoms with Crippen molar-refractivity contribution in [3.63, 3.8) is 0 Å².